The van der Waals surface area contributed by atoms with Gasteiger partial charge < -0.3 is 15.0 Å². The summed E-state index contributed by atoms with van der Waals surface area (Å²) in [7, 11) is 0. The quantitative estimate of drug-likeness (QED) is 0.783. The zero-order valence-corrected chi connectivity index (χ0v) is 16.7. The zero-order valence-electron chi connectivity index (χ0n) is 15.2. The first-order valence-electron chi connectivity index (χ1n) is 8.45. The lowest BCUT2D eigenvalue weighted by molar-refractivity contribution is 0.0147. The molecule has 1 N–H and O–H groups in total. The van der Waals surface area contributed by atoms with Crippen molar-refractivity contribution in [1.29, 1.82) is 0 Å². The van der Waals surface area contributed by atoms with Crippen LogP contribution in [0.5, 0.6) is 0 Å². The molecule has 0 saturated carbocycles. The summed E-state index contributed by atoms with van der Waals surface area (Å²) < 4.78 is 5.38. The lowest BCUT2D eigenvalue weighted by Gasteiger charge is -2.35. The average Bonchev–Trinajstić information content (AvgIpc) is 2.52. The maximum Gasteiger partial charge on any atom is 0.410 e. The van der Waals surface area contributed by atoms with Crippen LogP contribution >= 0.6 is 23.2 Å². The SMILES string of the molecule is CC(C)(C)OC(=O)N1CCN(CCNC(=O)c2cc(Cl)nc(Cl)c2)CC1. The molecular formula is C17H24Cl2N4O3. The van der Waals surface area contributed by atoms with Crippen molar-refractivity contribution >= 4 is 35.2 Å². The third kappa shape index (κ3) is 6.63. The number of pyridine rings is 1. The van der Waals surface area contributed by atoms with Crippen LogP contribution in [0.15, 0.2) is 12.1 Å². The van der Waals surface area contributed by atoms with E-state index in [9.17, 15) is 9.59 Å². The van der Waals surface area contributed by atoms with Gasteiger partial charge in [0.2, 0.25) is 0 Å². The van der Waals surface area contributed by atoms with Crippen molar-refractivity contribution in [3.63, 3.8) is 0 Å². The Hall–Kier alpha value is -1.57. The van der Waals surface area contributed by atoms with Gasteiger partial charge in [-0.2, -0.15) is 0 Å². The van der Waals surface area contributed by atoms with Gasteiger partial charge in [0.25, 0.3) is 5.91 Å². The first-order chi connectivity index (χ1) is 12.1. The molecule has 0 radical (unpaired) electrons. The van der Waals surface area contributed by atoms with Crippen LogP contribution < -0.4 is 5.32 Å². The highest BCUT2D eigenvalue weighted by atomic mass is 35.5. The van der Waals surface area contributed by atoms with Gasteiger partial charge >= 0.3 is 6.09 Å². The number of hydrogen-bond donors (Lipinski definition) is 1. The lowest BCUT2D eigenvalue weighted by atomic mass is 10.2. The lowest BCUT2D eigenvalue weighted by Crippen LogP contribution is -2.51. The van der Waals surface area contributed by atoms with Gasteiger partial charge in [-0.05, 0) is 32.9 Å². The Bertz CT molecular complexity index is 636. The number of nitrogens with one attached hydrogen (secondary N) is 1. The third-order valence-corrected chi connectivity index (χ3v) is 4.15. The van der Waals surface area contributed by atoms with Gasteiger partial charge in [-0.3, -0.25) is 9.69 Å². The van der Waals surface area contributed by atoms with Crippen LogP contribution in [0.25, 0.3) is 0 Å². The molecule has 1 aliphatic heterocycles. The minimum absolute atomic E-state index is 0.181. The highest BCUT2D eigenvalue weighted by Gasteiger charge is 2.25. The van der Waals surface area contributed by atoms with E-state index in [4.69, 9.17) is 27.9 Å². The zero-order chi connectivity index (χ0) is 19.3. The largest absolute Gasteiger partial charge is 0.444 e. The predicted octanol–water partition coefficient (Wildman–Crippen LogP) is 2.67. The molecule has 0 unspecified atom stereocenters. The maximum atomic E-state index is 12.1. The fourth-order valence-corrected chi connectivity index (χ4v) is 2.97. The Balaban J connectivity index is 1.72. The topological polar surface area (TPSA) is 74.8 Å². The summed E-state index contributed by atoms with van der Waals surface area (Å²) in [6, 6.07) is 2.95. The van der Waals surface area contributed by atoms with Gasteiger partial charge in [0.1, 0.15) is 15.9 Å². The summed E-state index contributed by atoms with van der Waals surface area (Å²) in [5.41, 5.74) is -0.109. The number of rotatable bonds is 4. The minimum Gasteiger partial charge on any atom is -0.444 e. The van der Waals surface area contributed by atoms with Crippen molar-refractivity contribution in [3.05, 3.63) is 28.0 Å². The van der Waals surface area contributed by atoms with Gasteiger partial charge in [-0.25, -0.2) is 9.78 Å². The van der Waals surface area contributed by atoms with Crippen molar-refractivity contribution in [2.45, 2.75) is 26.4 Å². The monoisotopic (exact) mass is 402 g/mol. The molecule has 2 amide bonds. The molecule has 144 valence electrons. The normalized spacial score (nSPS) is 15.7. The first-order valence-corrected chi connectivity index (χ1v) is 9.21. The number of amides is 2. The fraction of sp³-hybridized carbons (Fsp3) is 0.588. The molecule has 1 saturated heterocycles. The molecule has 1 aromatic rings. The molecule has 26 heavy (non-hydrogen) atoms. The van der Waals surface area contributed by atoms with Gasteiger partial charge in [0, 0.05) is 44.8 Å². The number of aromatic nitrogens is 1. The highest BCUT2D eigenvalue weighted by molar-refractivity contribution is 6.33. The molecule has 1 fully saturated rings. The van der Waals surface area contributed by atoms with E-state index in [1.165, 1.54) is 12.1 Å². The van der Waals surface area contributed by atoms with Gasteiger partial charge in [0.05, 0.1) is 0 Å². The molecule has 1 aliphatic rings. The number of halogens is 2. The molecular weight excluding hydrogens is 379 g/mol. The second-order valence-electron chi connectivity index (χ2n) is 7.07. The Morgan fingerprint density at radius 2 is 1.73 bits per heavy atom. The van der Waals surface area contributed by atoms with E-state index < -0.39 is 5.60 Å². The molecule has 2 heterocycles. The van der Waals surface area contributed by atoms with Crippen molar-refractivity contribution < 1.29 is 14.3 Å². The van der Waals surface area contributed by atoms with Gasteiger partial charge in [0.15, 0.2) is 0 Å². The number of ether oxygens (including phenoxy) is 1. The molecule has 2 rings (SSSR count). The summed E-state index contributed by atoms with van der Waals surface area (Å²) in [4.78, 5) is 31.9. The van der Waals surface area contributed by atoms with E-state index in [1.807, 2.05) is 20.8 Å². The average molecular weight is 403 g/mol. The summed E-state index contributed by atoms with van der Waals surface area (Å²) in [5, 5.41) is 3.20. The Kier molecular flexibility index (Phi) is 7.08. The molecule has 0 aromatic carbocycles. The standard InChI is InChI=1S/C17H24Cl2N4O3/c1-17(2,3)26-16(25)23-8-6-22(7-9-23)5-4-20-15(24)12-10-13(18)21-14(19)11-12/h10-11H,4-9H2,1-3H3,(H,20,24). The molecule has 0 spiro atoms. The van der Waals surface area contributed by atoms with Crippen LogP contribution in [-0.4, -0.2) is 71.7 Å². The smallest absolute Gasteiger partial charge is 0.410 e. The molecule has 0 aliphatic carbocycles. The molecule has 7 nitrogen and oxygen atoms in total. The summed E-state index contributed by atoms with van der Waals surface area (Å²) in [6.07, 6.45) is -0.281. The van der Waals surface area contributed by atoms with Crippen LogP contribution in [0.2, 0.25) is 10.3 Å². The Morgan fingerprint density at radius 1 is 1.15 bits per heavy atom. The minimum atomic E-state index is -0.489. The second kappa shape index (κ2) is 8.88. The van der Waals surface area contributed by atoms with E-state index in [1.54, 1.807) is 4.90 Å². The molecule has 0 bridgehead atoms. The van der Waals surface area contributed by atoms with E-state index in [0.717, 1.165) is 13.1 Å². The van der Waals surface area contributed by atoms with E-state index in [2.05, 4.69) is 15.2 Å². The summed E-state index contributed by atoms with van der Waals surface area (Å²) in [6.45, 7) is 9.44. The van der Waals surface area contributed by atoms with Crippen molar-refractivity contribution in [3.8, 4) is 0 Å². The molecule has 1 aromatic heterocycles. The van der Waals surface area contributed by atoms with Crippen LogP contribution in [-0.2, 0) is 4.74 Å². The molecule has 0 atom stereocenters. The number of nitrogens with zero attached hydrogens (tertiary/aromatic N) is 3. The van der Waals surface area contributed by atoms with Crippen molar-refractivity contribution in [2.75, 3.05) is 39.3 Å². The van der Waals surface area contributed by atoms with Crippen LogP contribution in [0.4, 0.5) is 4.79 Å². The first kappa shape index (κ1) is 20.7. The van der Waals surface area contributed by atoms with Crippen molar-refractivity contribution in [2.24, 2.45) is 0 Å². The Labute approximate surface area is 163 Å². The second-order valence-corrected chi connectivity index (χ2v) is 7.84. The van der Waals surface area contributed by atoms with Gasteiger partial charge in [-0.1, -0.05) is 23.2 Å². The van der Waals surface area contributed by atoms with E-state index >= 15 is 0 Å². The number of carbonyl (C=O) groups excluding carboxylic acids is 2. The summed E-state index contributed by atoms with van der Waals surface area (Å²) >= 11 is 11.6. The number of hydrogen-bond acceptors (Lipinski definition) is 5. The fourth-order valence-electron chi connectivity index (χ4n) is 2.51. The predicted molar refractivity (Wildman–Crippen MR) is 101 cm³/mol. The highest BCUT2D eigenvalue weighted by Crippen LogP contribution is 2.14. The molecule has 9 heteroatoms. The Morgan fingerprint density at radius 3 is 2.27 bits per heavy atom. The summed E-state index contributed by atoms with van der Waals surface area (Å²) in [5.74, 6) is -0.247. The van der Waals surface area contributed by atoms with E-state index in [-0.39, 0.29) is 22.3 Å². The number of piperazine rings is 1. The van der Waals surface area contributed by atoms with Crippen LogP contribution in [0.1, 0.15) is 31.1 Å². The third-order valence-electron chi connectivity index (χ3n) is 3.76. The van der Waals surface area contributed by atoms with Crippen molar-refractivity contribution in [1.82, 2.24) is 20.1 Å². The van der Waals surface area contributed by atoms with Gasteiger partial charge in [-0.15, -0.1) is 0 Å². The maximum absolute atomic E-state index is 12.1. The van der Waals surface area contributed by atoms with E-state index in [0.29, 0.717) is 31.7 Å². The number of carbonyl (C=O) groups is 2. The van der Waals surface area contributed by atoms with Crippen LogP contribution in [0.3, 0.4) is 0 Å². The van der Waals surface area contributed by atoms with Crippen LogP contribution in [0, 0.1) is 0 Å².